The van der Waals surface area contributed by atoms with Gasteiger partial charge in [-0.05, 0) is 12.8 Å². The van der Waals surface area contributed by atoms with Crippen LogP contribution >= 0.6 is 0 Å². The van der Waals surface area contributed by atoms with Gasteiger partial charge in [-0.2, -0.15) is 0 Å². The molecule has 1 saturated heterocycles. The molecule has 1 amide bonds. The van der Waals surface area contributed by atoms with E-state index in [0.717, 1.165) is 12.8 Å². The molecular formula is C7H12N2O2. The van der Waals surface area contributed by atoms with E-state index in [-0.39, 0.29) is 18.2 Å². The summed E-state index contributed by atoms with van der Waals surface area (Å²) in [5, 5.41) is 0. The summed E-state index contributed by atoms with van der Waals surface area (Å²) in [5.74, 6) is 0. The van der Waals surface area contributed by atoms with Crippen molar-refractivity contribution in [3.05, 3.63) is 0 Å². The minimum atomic E-state index is -0.186. The van der Waals surface area contributed by atoms with Gasteiger partial charge in [-0.3, -0.25) is 0 Å². The Morgan fingerprint density at radius 1 is 1.45 bits per heavy atom. The van der Waals surface area contributed by atoms with E-state index in [1.807, 2.05) is 0 Å². The van der Waals surface area contributed by atoms with E-state index in [4.69, 9.17) is 10.5 Å². The number of rotatable bonds is 1. The van der Waals surface area contributed by atoms with E-state index in [0.29, 0.717) is 13.1 Å². The highest BCUT2D eigenvalue weighted by Crippen LogP contribution is 2.25. The van der Waals surface area contributed by atoms with Gasteiger partial charge < -0.3 is 15.4 Å². The lowest BCUT2D eigenvalue weighted by atomic mass is 10.1. The molecule has 11 heavy (non-hydrogen) atoms. The zero-order chi connectivity index (χ0) is 7.84. The molecule has 1 saturated carbocycles. The Bertz CT molecular complexity index is 173. The summed E-state index contributed by atoms with van der Waals surface area (Å²) in [6, 6.07) is 0.168. The summed E-state index contributed by atoms with van der Waals surface area (Å²) >= 11 is 0. The number of carbonyl (C=O) groups is 1. The minimum absolute atomic E-state index is 0.168. The van der Waals surface area contributed by atoms with Crippen molar-refractivity contribution >= 4 is 6.09 Å². The minimum Gasteiger partial charge on any atom is -0.446 e. The topological polar surface area (TPSA) is 55.6 Å². The van der Waals surface area contributed by atoms with Crippen molar-refractivity contribution in [2.24, 2.45) is 5.73 Å². The van der Waals surface area contributed by atoms with Crippen molar-refractivity contribution in [1.82, 2.24) is 4.90 Å². The number of hydrogen-bond donors (Lipinski definition) is 1. The Morgan fingerprint density at radius 2 is 2.09 bits per heavy atom. The third-order valence-corrected chi connectivity index (χ3v) is 1.96. The summed E-state index contributed by atoms with van der Waals surface area (Å²) in [5.41, 5.74) is 5.50. The van der Waals surface area contributed by atoms with Crippen molar-refractivity contribution in [1.29, 1.82) is 0 Å². The first-order valence-corrected chi connectivity index (χ1v) is 3.97. The maximum absolute atomic E-state index is 11.1. The lowest BCUT2D eigenvalue weighted by Gasteiger charge is -2.35. The molecule has 1 aliphatic heterocycles. The standard InChI is InChI=1S/C7H12N2O2/c8-5-3-9(4-5)7(10)11-6-1-2-6/h5-6H,1-4,8H2. The quantitative estimate of drug-likeness (QED) is 0.578. The van der Waals surface area contributed by atoms with Gasteiger partial charge in [0.05, 0.1) is 0 Å². The SMILES string of the molecule is NC1CN(C(=O)OC2CC2)C1. The average molecular weight is 156 g/mol. The van der Waals surface area contributed by atoms with Gasteiger partial charge in [-0.1, -0.05) is 0 Å². The molecule has 0 spiro atoms. The molecule has 2 fully saturated rings. The maximum Gasteiger partial charge on any atom is 0.410 e. The summed E-state index contributed by atoms with van der Waals surface area (Å²) < 4.78 is 5.04. The van der Waals surface area contributed by atoms with Gasteiger partial charge in [0, 0.05) is 19.1 Å². The van der Waals surface area contributed by atoms with Crippen LogP contribution in [0.3, 0.4) is 0 Å². The Balaban J connectivity index is 1.72. The van der Waals surface area contributed by atoms with Crippen molar-refractivity contribution in [2.45, 2.75) is 25.0 Å². The monoisotopic (exact) mass is 156 g/mol. The Morgan fingerprint density at radius 3 is 2.55 bits per heavy atom. The molecule has 62 valence electrons. The highest BCUT2D eigenvalue weighted by Gasteiger charge is 2.33. The molecule has 0 bridgehead atoms. The number of nitrogens with two attached hydrogens (primary N) is 1. The summed E-state index contributed by atoms with van der Waals surface area (Å²) in [6.07, 6.45) is 2.09. The molecule has 2 rings (SSSR count). The molecule has 0 aromatic heterocycles. The van der Waals surface area contributed by atoms with Gasteiger partial charge in [0.1, 0.15) is 6.10 Å². The van der Waals surface area contributed by atoms with Gasteiger partial charge in [-0.15, -0.1) is 0 Å². The van der Waals surface area contributed by atoms with E-state index >= 15 is 0 Å². The maximum atomic E-state index is 11.1. The van der Waals surface area contributed by atoms with Crippen LogP contribution in [0.4, 0.5) is 4.79 Å². The molecule has 1 aliphatic carbocycles. The fourth-order valence-corrected chi connectivity index (χ4v) is 1.06. The molecule has 0 aromatic carbocycles. The van der Waals surface area contributed by atoms with Crippen molar-refractivity contribution in [2.75, 3.05) is 13.1 Å². The van der Waals surface area contributed by atoms with E-state index in [2.05, 4.69) is 0 Å². The van der Waals surface area contributed by atoms with Crippen LogP contribution in [0, 0.1) is 0 Å². The lowest BCUT2D eigenvalue weighted by Crippen LogP contribution is -2.58. The summed E-state index contributed by atoms with van der Waals surface area (Å²) in [6.45, 7) is 1.32. The highest BCUT2D eigenvalue weighted by molar-refractivity contribution is 5.69. The molecule has 0 radical (unpaired) electrons. The number of likely N-dealkylation sites (tertiary alicyclic amines) is 1. The predicted octanol–water partition coefficient (Wildman–Crippen LogP) is -0.0717. The Hall–Kier alpha value is -0.770. The molecule has 0 atom stereocenters. The molecule has 2 N–H and O–H groups in total. The predicted molar refractivity (Wildman–Crippen MR) is 39.1 cm³/mol. The zero-order valence-corrected chi connectivity index (χ0v) is 6.32. The van der Waals surface area contributed by atoms with E-state index in [1.54, 1.807) is 4.90 Å². The van der Waals surface area contributed by atoms with Crippen LogP contribution in [0.15, 0.2) is 0 Å². The Labute approximate surface area is 65.3 Å². The van der Waals surface area contributed by atoms with Crippen molar-refractivity contribution in [3.63, 3.8) is 0 Å². The number of amides is 1. The Kier molecular flexibility index (Phi) is 1.49. The number of nitrogens with zero attached hydrogens (tertiary/aromatic N) is 1. The number of ether oxygens (including phenoxy) is 1. The number of hydrogen-bond acceptors (Lipinski definition) is 3. The molecule has 2 aliphatic rings. The van der Waals surface area contributed by atoms with E-state index in [1.165, 1.54) is 0 Å². The molecule has 1 heterocycles. The largest absolute Gasteiger partial charge is 0.446 e. The normalized spacial score (nSPS) is 24.6. The molecule has 4 heteroatoms. The first-order chi connectivity index (χ1) is 5.25. The van der Waals surface area contributed by atoms with Gasteiger partial charge >= 0.3 is 6.09 Å². The van der Waals surface area contributed by atoms with E-state index in [9.17, 15) is 4.79 Å². The van der Waals surface area contributed by atoms with Crippen LogP contribution < -0.4 is 5.73 Å². The van der Waals surface area contributed by atoms with Crippen molar-refractivity contribution in [3.8, 4) is 0 Å². The second-order valence-electron chi connectivity index (χ2n) is 3.25. The van der Waals surface area contributed by atoms with Gasteiger partial charge in [0.2, 0.25) is 0 Å². The lowest BCUT2D eigenvalue weighted by molar-refractivity contribution is 0.0672. The number of carbonyl (C=O) groups excluding carboxylic acids is 1. The van der Waals surface area contributed by atoms with Gasteiger partial charge in [-0.25, -0.2) is 4.79 Å². The fourth-order valence-electron chi connectivity index (χ4n) is 1.06. The summed E-state index contributed by atoms with van der Waals surface area (Å²) in [7, 11) is 0. The third-order valence-electron chi connectivity index (χ3n) is 1.96. The smallest absolute Gasteiger partial charge is 0.410 e. The van der Waals surface area contributed by atoms with Gasteiger partial charge in [0.15, 0.2) is 0 Å². The fraction of sp³-hybridized carbons (Fsp3) is 0.857. The van der Waals surface area contributed by atoms with Crippen molar-refractivity contribution < 1.29 is 9.53 Å². The second-order valence-corrected chi connectivity index (χ2v) is 3.25. The van der Waals surface area contributed by atoms with Crippen LogP contribution in [0.2, 0.25) is 0 Å². The third kappa shape index (κ3) is 1.45. The highest BCUT2D eigenvalue weighted by atomic mass is 16.6. The van der Waals surface area contributed by atoms with E-state index < -0.39 is 0 Å². The molecule has 4 nitrogen and oxygen atoms in total. The molecule has 0 aromatic rings. The summed E-state index contributed by atoms with van der Waals surface area (Å²) in [4.78, 5) is 12.7. The first kappa shape index (κ1) is 6.91. The zero-order valence-electron chi connectivity index (χ0n) is 6.32. The average Bonchev–Trinajstić information content (AvgIpc) is 2.64. The van der Waals surface area contributed by atoms with Crippen LogP contribution in [-0.2, 0) is 4.74 Å². The van der Waals surface area contributed by atoms with Crippen LogP contribution in [0.1, 0.15) is 12.8 Å². The van der Waals surface area contributed by atoms with Gasteiger partial charge in [0.25, 0.3) is 0 Å². The van der Waals surface area contributed by atoms with Crippen LogP contribution in [0.5, 0.6) is 0 Å². The van der Waals surface area contributed by atoms with Crippen LogP contribution in [-0.4, -0.2) is 36.2 Å². The molecular weight excluding hydrogens is 144 g/mol. The first-order valence-electron chi connectivity index (χ1n) is 3.97. The van der Waals surface area contributed by atoms with Crippen LogP contribution in [0.25, 0.3) is 0 Å². The molecule has 0 unspecified atom stereocenters. The second kappa shape index (κ2) is 2.37.